The number of amides is 4. The molecule has 0 saturated heterocycles. The van der Waals surface area contributed by atoms with Crippen LogP contribution >= 0.6 is 22.7 Å². The number of pyridine rings is 1. The molecule has 4 amide bonds. The van der Waals surface area contributed by atoms with Crippen LogP contribution in [0.1, 0.15) is 124 Å². The SMILES string of the molecule is CC.CC.CC(C)(C)[n+]1cc[n+](-c2ccc(-c3ccc4c(c3)C(=O)N(C(C(=O)Nc3nccs3)c3ccccc3)C4)cc2)cc1.CC(C)(C)[n+]1cc[n+](-c2ccc(-c3ccc4c(c3)C(=O)N(C(C(=O)Nc3nccs3)c3ccccc3)C4)cn2)cc1. The van der Waals surface area contributed by atoms with E-state index >= 15 is 0 Å². The number of hydrogen-bond acceptors (Lipinski definition) is 9. The van der Waals surface area contributed by atoms with Crippen LogP contribution in [0.3, 0.4) is 0 Å². The van der Waals surface area contributed by atoms with E-state index in [0.29, 0.717) is 34.5 Å². The summed E-state index contributed by atoms with van der Waals surface area (Å²) in [4.78, 5) is 70.7. The molecule has 0 aliphatic carbocycles. The summed E-state index contributed by atoms with van der Waals surface area (Å²) < 4.78 is 8.37. The van der Waals surface area contributed by atoms with Gasteiger partial charge in [-0.3, -0.25) is 29.8 Å². The standard InChI is InChI=1S/C33H30N5O2S.C32H29N6O2S.2C2H6/c1-33(2,3)37-18-16-36(17-19-37)27-13-11-23(12-14-27)25-9-10-26-22-38(31(40)28(26)21-25)29(24-7-5-4-6-8-24)30(39)35-32-34-15-20-41-32;1-32(2,3)37-16-14-36(15-17-37)27-12-11-24(20-34-27)23-9-10-25-21-38(30(40)26(25)19-23)28(22-7-5-4-6-8-22)29(39)35-31-33-13-18-41-31;2*1-2/h4-21,29H,22H2,1-3H3;4-20,28H,21H2,1-3H3;2*1-2H3/q2*+1;;/p+2. The number of benzene rings is 5. The third-order valence-electron chi connectivity index (χ3n) is 14.5. The van der Waals surface area contributed by atoms with Gasteiger partial charge in [-0.05, 0) is 74.3 Å². The highest BCUT2D eigenvalue weighted by Gasteiger charge is 2.40. The molecule has 15 nitrogen and oxygen atoms in total. The highest BCUT2D eigenvalue weighted by atomic mass is 32.1. The second kappa shape index (κ2) is 27.1. The Morgan fingerprint density at radius 2 is 0.895 bits per heavy atom. The number of rotatable bonds is 12. The maximum atomic E-state index is 13.8. The fraction of sp³-hybridized carbons (Fsp3) is 0.232. The molecule has 17 heteroatoms. The van der Waals surface area contributed by atoms with Crippen molar-refractivity contribution in [1.29, 1.82) is 0 Å². The van der Waals surface area contributed by atoms with Gasteiger partial charge in [-0.2, -0.15) is 18.3 Å². The van der Waals surface area contributed by atoms with Gasteiger partial charge < -0.3 is 9.80 Å². The van der Waals surface area contributed by atoms with E-state index in [0.717, 1.165) is 56.0 Å². The molecule has 2 unspecified atom stereocenters. The van der Waals surface area contributed by atoms with Gasteiger partial charge in [0.1, 0.15) is 18.3 Å². The summed E-state index contributed by atoms with van der Waals surface area (Å²) in [6.07, 6.45) is 21.4. The van der Waals surface area contributed by atoms with Crippen molar-refractivity contribution in [1.82, 2.24) is 24.8 Å². The quantitative estimate of drug-likeness (QED) is 0.116. The molecule has 2 N–H and O–H groups in total. The van der Waals surface area contributed by atoms with Crippen molar-refractivity contribution < 1.29 is 37.4 Å². The first kappa shape index (κ1) is 61.1. The Balaban J connectivity index is 0.000000194. The largest absolute Gasteiger partial charge is 0.327 e. The van der Waals surface area contributed by atoms with Crippen molar-refractivity contribution in [2.24, 2.45) is 0 Å². The van der Waals surface area contributed by atoms with Gasteiger partial charge in [0, 0.05) is 113 Å². The Morgan fingerprint density at radius 3 is 1.29 bits per heavy atom. The van der Waals surface area contributed by atoms with Crippen LogP contribution < -0.4 is 28.9 Å². The Labute approximate surface area is 511 Å². The van der Waals surface area contributed by atoms with Crippen molar-refractivity contribution in [2.75, 3.05) is 10.6 Å². The lowest BCUT2D eigenvalue weighted by atomic mass is 10.00. The minimum atomic E-state index is -0.788. The van der Waals surface area contributed by atoms with Crippen LogP contribution in [-0.4, -0.2) is 48.4 Å². The molecular formula is C69H73N11O4S2+4. The van der Waals surface area contributed by atoms with Crippen molar-refractivity contribution in [3.05, 3.63) is 246 Å². The first-order chi connectivity index (χ1) is 41.6. The maximum absolute atomic E-state index is 13.8. The molecule has 0 bridgehead atoms. The van der Waals surface area contributed by atoms with E-state index in [2.05, 4.69) is 130 Å². The van der Waals surface area contributed by atoms with Gasteiger partial charge in [0.25, 0.3) is 23.6 Å². The van der Waals surface area contributed by atoms with Gasteiger partial charge in [0.15, 0.2) is 33.7 Å². The fourth-order valence-electron chi connectivity index (χ4n) is 10.1. The molecule has 2 aliphatic heterocycles. The molecule has 12 rings (SSSR count). The fourth-order valence-corrected chi connectivity index (χ4v) is 11.1. The van der Waals surface area contributed by atoms with Crippen LogP contribution in [0, 0.1) is 0 Å². The predicted octanol–water partition coefficient (Wildman–Crippen LogP) is 12.4. The van der Waals surface area contributed by atoms with Gasteiger partial charge in [-0.25, -0.2) is 9.97 Å². The summed E-state index contributed by atoms with van der Waals surface area (Å²) in [5, 5.41) is 10.4. The zero-order valence-electron chi connectivity index (χ0n) is 50.3. The number of nitrogens with one attached hydrogen (secondary N) is 2. The summed E-state index contributed by atoms with van der Waals surface area (Å²) in [6, 6.07) is 41.3. The second-order valence-corrected chi connectivity index (χ2v) is 23.8. The van der Waals surface area contributed by atoms with Gasteiger partial charge in [0.05, 0.1) is 0 Å². The number of carbonyl (C=O) groups is 4. The molecule has 10 aromatic rings. The number of anilines is 2. The first-order valence-corrected chi connectivity index (χ1v) is 30.6. The predicted molar refractivity (Wildman–Crippen MR) is 337 cm³/mol. The molecule has 0 radical (unpaired) electrons. The molecule has 2 atom stereocenters. The molecule has 5 aromatic heterocycles. The van der Waals surface area contributed by atoms with Crippen LogP contribution in [0.2, 0.25) is 0 Å². The Hall–Kier alpha value is -9.45. The monoisotopic (exact) mass is 1180 g/mol. The molecule has 0 saturated carbocycles. The highest BCUT2D eigenvalue weighted by Crippen LogP contribution is 2.37. The van der Waals surface area contributed by atoms with Gasteiger partial charge in [0.2, 0.25) is 42.9 Å². The van der Waals surface area contributed by atoms with Gasteiger partial charge in [-0.1, -0.05) is 113 Å². The number of aromatic nitrogens is 7. The molecule has 7 heterocycles. The summed E-state index contributed by atoms with van der Waals surface area (Å²) >= 11 is 2.69. The average molecular weight is 1180 g/mol. The first-order valence-electron chi connectivity index (χ1n) is 28.9. The second-order valence-electron chi connectivity index (χ2n) is 22.0. The molecular weight excluding hydrogens is 1110 g/mol. The van der Waals surface area contributed by atoms with Crippen LogP contribution in [0.5, 0.6) is 0 Å². The zero-order chi connectivity index (χ0) is 61.1. The number of fused-ring (bicyclic) bond motifs is 2. The molecule has 2 aliphatic rings. The molecule has 0 fully saturated rings. The van der Waals surface area contributed by atoms with Crippen molar-refractivity contribution in [3.8, 4) is 33.8 Å². The topological polar surface area (TPSA) is 153 Å². The van der Waals surface area contributed by atoms with Crippen LogP contribution in [0.4, 0.5) is 10.3 Å². The zero-order valence-corrected chi connectivity index (χ0v) is 51.9. The lowest BCUT2D eigenvalue weighted by molar-refractivity contribution is -0.770. The van der Waals surface area contributed by atoms with Crippen LogP contribution in [-0.2, 0) is 33.8 Å². The minimum absolute atomic E-state index is 0.00313. The average Bonchev–Trinajstić information content (AvgIpc) is 1.91. The number of thiazole rings is 2. The van der Waals surface area contributed by atoms with Crippen LogP contribution in [0.15, 0.2) is 212 Å². The van der Waals surface area contributed by atoms with Crippen LogP contribution in [0.25, 0.3) is 33.8 Å². The normalized spacial score (nSPS) is 13.1. The van der Waals surface area contributed by atoms with E-state index in [4.69, 9.17) is 0 Å². The lowest BCUT2D eigenvalue weighted by Gasteiger charge is -2.27. The highest BCUT2D eigenvalue weighted by molar-refractivity contribution is 7.14. The van der Waals surface area contributed by atoms with Gasteiger partial charge in [-0.15, -0.1) is 22.7 Å². The van der Waals surface area contributed by atoms with Crippen molar-refractivity contribution in [3.63, 3.8) is 0 Å². The van der Waals surface area contributed by atoms with E-state index in [9.17, 15) is 19.2 Å². The molecule has 0 spiro atoms. The van der Waals surface area contributed by atoms with E-state index in [1.165, 1.54) is 22.7 Å². The number of nitrogens with zero attached hydrogens (tertiary/aromatic N) is 9. The molecule has 86 heavy (non-hydrogen) atoms. The summed E-state index contributed by atoms with van der Waals surface area (Å²) in [7, 11) is 0. The smallest absolute Gasteiger partial charge is 0.318 e. The van der Waals surface area contributed by atoms with Crippen molar-refractivity contribution >= 4 is 56.6 Å². The molecule has 5 aromatic carbocycles. The number of carbonyl (C=O) groups excluding carboxylic acids is 4. The Bertz CT molecular complexity index is 3650. The van der Waals surface area contributed by atoms with E-state index in [1.54, 1.807) is 33.0 Å². The Morgan fingerprint density at radius 1 is 0.488 bits per heavy atom. The van der Waals surface area contributed by atoms with E-state index in [-0.39, 0.29) is 34.7 Å². The summed E-state index contributed by atoms with van der Waals surface area (Å²) in [5.74, 6) is -0.112. The van der Waals surface area contributed by atoms with E-state index in [1.807, 2.05) is 172 Å². The minimum Gasteiger partial charge on any atom is -0.318 e. The third kappa shape index (κ3) is 13.9. The van der Waals surface area contributed by atoms with Crippen molar-refractivity contribution in [2.45, 2.75) is 105 Å². The van der Waals surface area contributed by atoms with E-state index < -0.39 is 12.1 Å². The third-order valence-corrected chi connectivity index (χ3v) is 15.9. The summed E-state index contributed by atoms with van der Waals surface area (Å²) in [6.45, 7) is 21.7. The van der Waals surface area contributed by atoms with Gasteiger partial charge >= 0.3 is 5.82 Å². The number of hydrogen-bond donors (Lipinski definition) is 2. The maximum Gasteiger partial charge on any atom is 0.327 e. The molecule has 436 valence electrons. The Kier molecular flexibility index (Phi) is 19.2. The lowest BCUT2D eigenvalue weighted by Crippen LogP contribution is -2.52. The summed E-state index contributed by atoms with van der Waals surface area (Å²) in [5.41, 5.74) is 9.37.